The van der Waals surface area contributed by atoms with Gasteiger partial charge in [-0.05, 0) is 23.6 Å². The predicted octanol–water partition coefficient (Wildman–Crippen LogP) is 3.18. The number of benzene rings is 1. The molecule has 0 aliphatic carbocycles. The van der Waals surface area contributed by atoms with Crippen LogP contribution in [-0.2, 0) is 6.42 Å². The lowest BCUT2D eigenvalue weighted by Gasteiger charge is -1.97. The van der Waals surface area contributed by atoms with Crippen LogP contribution in [0.5, 0.6) is 0 Å². The number of hydrogen-bond donors (Lipinski definition) is 0. The van der Waals surface area contributed by atoms with Gasteiger partial charge in [-0.15, -0.1) is 0 Å². The Morgan fingerprint density at radius 2 is 1.86 bits per heavy atom. The number of nitrogens with zero attached hydrogens (tertiary/aromatic N) is 1. The van der Waals surface area contributed by atoms with Crippen LogP contribution >= 0.6 is 0 Å². The van der Waals surface area contributed by atoms with Gasteiger partial charge in [0.1, 0.15) is 0 Å². The van der Waals surface area contributed by atoms with Gasteiger partial charge in [0.15, 0.2) is 0 Å². The minimum Gasteiger partial charge on any atom is -0.331 e. The molecule has 0 radical (unpaired) electrons. The first-order valence-electron chi connectivity index (χ1n) is 4.71. The highest BCUT2D eigenvalue weighted by Gasteiger charge is 1.96. The molecule has 1 heterocycles. The maximum absolute atomic E-state index is 3.71. The minimum atomic E-state index is 0.988. The molecule has 0 spiro atoms. The molecular formula is C13H13N. The molecule has 1 aromatic carbocycles. The molecule has 2 aromatic rings. The summed E-state index contributed by atoms with van der Waals surface area (Å²) in [5.74, 6) is 0. The van der Waals surface area contributed by atoms with E-state index in [1.807, 2.05) is 16.8 Å². The number of aromatic nitrogens is 1. The monoisotopic (exact) mass is 183 g/mol. The molecule has 0 atom stereocenters. The van der Waals surface area contributed by atoms with Gasteiger partial charge in [0.05, 0.1) is 0 Å². The third-order valence-corrected chi connectivity index (χ3v) is 2.24. The van der Waals surface area contributed by atoms with Crippen molar-refractivity contribution in [2.45, 2.75) is 6.42 Å². The van der Waals surface area contributed by atoms with E-state index in [1.54, 1.807) is 6.20 Å². The van der Waals surface area contributed by atoms with Crippen LogP contribution in [0.2, 0.25) is 0 Å². The van der Waals surface area contributed by atoms with Crippen LogP contribution in [-0.4, -0.2) is 4.57 Å². The second-order valence-corrected chi connectivity index (χ2v) is 3.31. The summed E-state index contributed by atoms with van der Waals surface area (Å²) in [6, 6.07) is 12.6. The van der Waals surface area contributed by atoms with Gasteiger partial charge in [0, 0.05) is 18.6 Å². The third kappa shape index (κ3) is 1.94. The van der Waals surface area contributed by atoms with Crippen molar-refractivity contribution in [3.05, 3.63) is 66.5 Å². The summed E-state index contributed by atoms with van der Waals surface area (Å²) in [5, 5.41) is 0. The van der Waals surface area contributed by atoms with Crippen LogP contribution in [0.15, 0.2) is 55.4 Å². The number of hydrogen-bond acceptors (Lipinski definition) is 0. The molecule has 70 valence electrons. The van der Waals surface area contributed by atoms with Gasteiger partial charge < -0.3 is 4.57 Å². The molecule has 0 saturated carbocycles. The summed E-state index contributed by atoms with van der Waals surface area (Å²) in [5.41, 5.74) is 2.66. The second-order valence-electron chi connectivity index (χ2n) is 3.31. The van der Waals surface area contributed by atoms with Crippen LogP contribution in [0.3, 0.4) is 0 Å². The fraction of sp³-hybridized carbons (Fsp3) is 0.0769. The molecule has 0 aliphatic heterocycles. The predicted molar refractivity (Wildman–Crippen MR) is 60.1 cm³/mol. The topological polar surface area (TPSA) is 4.93 Å². The van der Waals surface area contributed by atoms with E-state index in [0.717, 1.165) is 6.42 Å². The highest BCUT2D eigenvalue weighted by Crippen LogP contribution is 2.09. The van der Waals surface area contributed by atoms with Gasteiger partial charge in [-0.3, -0.25) is 0 Å². The molecule has 0 unspecified atom stereocenters. The van der Waals surface area contributed by atoms with E-state index in [-0.39, 0.29) is 0 Å². The lowest BCUT2D eigenvalue weighted by molar-refractivity contribution is 1.14. The SMILES string of the molecule is C=Cn1ccc(Cc2ccccc2)c1. The smallest absolute Gasteiger partial charge is 0.0118 e. The van der Waals surface area contributed by atoms with Gasteiger partial charge in [0.25, 0.3) is 0 Å². The molecule has 0 aliphatic rings. The van der Waals surface area contributed by atoms with E-state index in [1.165, 1.54) is 11.1 Å². The van der Waals surface area contributed by atoms with Crippen LogP contribution in [0.1, 0.15) is 11.1 Å². The Labute approximate surface area is 84.3 Å². The van der Waals surface area contributed by atoms with Gasteiger partial charge in [-0.25, -0.2) is 0 Å². The number of rotatable bonds is 3. The van der Waals surface area contributed by atoms with Crippen LogP contribution < -0.4 is 0 Å². The van der Waals surface area contributed by atoms with Gasteiger partial charge >= 0.3 is 0 Å². The van der Waals surface area contributed by atoms with Crippen molar-refractivity contribution in [3.63, 3.8) is 0 Å². The molecule has 2 rings (SSSR count). The average molecular weight is 183 g/mol. The van der Waals surface area contributed by atoms with E-state index >= 15 is 0 Å². The fourth-order valence-electron chi connectivity index (χ4n) is 1.51. The average Bonchev–Trinajstić information content (AvgIpc) is 2.67. The van der Waals surface area contributed by atoms with Gasteiger partial charge in [-0.2, -0.15) is 0 Å². The zero-order chi connectivity index (χ0) is 9.80. The largest absolute Gasteiger partial charge is 0.331 e. The summed E-state index contributed by atoms with van der Waals surface area (Å²) in [7, 11) is 0. The van der Waals surface area contributed by atoms with E-state index < -0.39 is 0 Å². The summed E-state index contributed by atoms with van der Waals surface area (Å²) < 4.78 is 1.97. The Balaban J connectivity index is 2.15. The molecule has 0 N–H and O–H groups in total. The Hall–Kier alpha value is -1.76. The molecule has 14 heavy (non-hydrogen) atoms. The molecule has 1 heteroatoms. The second kappa shape index (κ2) is 3.97. The van der Waals surface area contributed by atoms with Crippen molar-refractivity contribution in [3.8, 4) is 0 Å². The Morgan fingerprint density at radius 3 is 2.50 bits per heavy atom. The first kappa shape index (κ1) is 8.82. The van der Waals surface area contributed by atoms with E-state index in [9.17, 15) is 0 Å². The van der Waals surface area contributed by atoms with Crippen LogP contribution in [0.4, 0.5) is 0 Å². The van der Waals surface area contributed by atoms with Crippen LogP contribution in [0.25, 0.3) is 6.20 Å². The standard InChI is InChI=1S/C13H13N/c1-2-14-9-8-13(11-14)10-12-6-4-3-5-7-12/h2-9,11H,1,10H2. The van der Waals surface area contributed by atoms with E-state index in [0.29, 0.717) is 0 Å². The Bertz CT molecular complexity index is 412. The summed E-state index contributed by atoms with van der Waals surface area (Å²) in [6.07, 6.45) is 6.90. The lowest BCUT2D eigenvalue weighted by atomic mass is 10.1. The minimum absolute atomic E-state index is 0.988. The summed E-state index contributed by atoms with van der Waals surface area (Å²) >= 11 is 0. The highest BCUT2D eigenvalue weighted by atomic mass is 14.9. The summed E-state index contributed by atoms with van der Waals surface area (Å²) in [4.78, 5) is 0. The molecule has 0 amide bonds. The quantitative estimate of drug-likeness (QED) is 0.688. The van der Waals surface area contributed by atoms with Crippen molar-refractivity contribution in [2.24, 2.45) is 0 Å². The normalized spacial score (nSPS) is 10.0. The van der Waals surface area contributed by atoms with E-state index in [4.69, 9.17) is 0 Å². The molecule has 1 aromatic heterocycles. The molecule has 0 saturated heterocycles. The fourth-order valence-corrected chi connectivity index (χ4v) is 1.51. The maximum Gasteiger partial charge on any atom is 0.0118 e. The first-order chi connectivity index (χ1) is 6.88. The molecular weight excluding hydrogens is 170 g/mol. The maximum atomic E-state index is 3.71. The third-order valence-electron chi connectivity index (χ3n) is 2.24. The molecule has 1 nitrogen and oxygen atoms in total. The van der Waals surface area contributed by atoms with E-state index in [2.05, 4.69) is 43.1 Å². The van der Waals surface area contributed by atoms with Crippen molar-refractivity contribution < 1.29 is 0 Å². The van der Waals surface area contributed by atoms with Crippen molar-refractivity contribution in [1.82, 2.24) is 4.57 Å². The Kier molecular flexibility index (Phi) is 2.50. The first-order valence-corrected chi connectivity index (χ1v) is 4.71. The lowest BCUT2D eigenvalue weighted by Crippen LogP contribution is -1.84. The highest BCUT2D eigenvalue weighted by molar-refractivity contribution is 5.28. The van der Waals surface area contributed by atoms with Crippen molar-refractivity contribution in [2.75, 3.05) is 0 Å². The van der Waals surface area contributed by atoms with Crippen molar-refractivity contribution in [1.29, 1.82) is 0 Å². The van der Waals surface area contributed by atoms with Crippen molar-refractivity contribution >= 4 is 6.20 Å². The zero-order valence-corrected chi connectivity index (χ0v) is 8.06. The van der Waals surface area contributed by atoms with Gasteiger partial charge in [0.2, 0.25) is 0 Å². The molecule has 0 bridgehead atoms. The Morgan fingerprint density at radius 1 is 1.07 bits per heavy atom. The van der Waals surface area contributed by atoms with Gasteiger partial charge in [-0.1, -0.05) is 36.9 Å². The summed E-state index contributed by atoms with van der Waals surface area (Å²) in [6.45, 7) is 3.71. The zero-order valence-electron chi connectivity index (χ0n) is 8.06. The molecule has 0 fully saturated rings. The van der Waals surface area contributed by atoms with Crippen LogP contribution in [0, 0.1) is 0 Å².